The molecule has 2 fully saturated rings. The van der Waals surface area contributed by atoms with E-state index in [1.807, 2.05) is 36.1 Å². The van der Waals surface area contributed by atoms with Gasteiger partial charge in [-0.05, 0) is 56.9 Å². The Kier molecular flexibility index (Phi) is 7.08. The maximum atomic E-state index is 12.2. The summed E-state index contributed by atoms with van der Waals surface area (Å²) in [5, 5.41) is 0. The van der Waals surface area contributed by atoms with E-state index in [4.69, 9.17) is 10.5 Å². The molecule has 0 bridgehead atoms. The highest BCUT2D eigenvalue weighted by molar-refractivity contribution is 5.99. The zero-order valence-electron chi connectivity index (χ0n) is 17.1. The van der Waals surface area contributed by atoms with Gasteiger partial charge in [0.1, 0.15) is 5.75 Å². The number of ether oxygens (including phenoxy) is 1. The van der Waals surface area contributed by atoms with E-state index in [1.165, 1.54) is 0 Å². The summed E-state index contributed by atoms with van der Waals surface area (Å²) in [6.45, 7) is 8.03. The second kappa shape index (κ2) is 9.52. The van der Waals surface area contributed by atoms with Gasteiger partial charge in [0, 0.05) is 43.7 Å². The van der Waals surface area contributed by atoms with Gasteiger partial charge in [0.2, 0.25) is 5.91 Å². The molecule has 154 valence electrons. The summed E-state index contributed by atoms with van der Waals surface area (Å²) in [5.41, 5.74) is 6.66. The Labute approximate surface area is 168 Å². The third kappa shape index (κ3) is 5.32. The smallest absolute Gasteiger partial charge is 0.239 e. The van der Waals surface area contributed by atoms with Crippen molar-refractivity contribution < 1.29 is 14.3 Å². The fourth-order valence-electron chi connectivity index (χ4n) is 3.62. The van der Waals surface area contributed by atoms with E-state index in [0.717, 1.165) is 56.8 Å². The molecule has 1 amide bonds. The number of piperazine rings is 1. The van der Waals surface area contributed by atoms with Crippen LogP contribution < -0.4 is 10.5 Å². The molecule has 2 atom stereocenters. The number of carbonyl (C=O) groups is 2. The van der Waals surface area contributed by atoms with Crippen LogP contribution in [-0.2, 0) is 4.79 Å². The summed E-state index contributed by atoms with van der Waals surface area (Å²) in [7, 11) is 0. The first kappa shape index (κ1) is 20.8. The van der Waals surface area contributed by atoms with E-state index in [0.29, 0.717) is 19.1 Å². The molecular weight excluding hydrogens is 354 g/mol. The van der Waals surface area contributed by atoms with Crippen molar-refractivity contribution >= 4 is 11.7 Å². The first-order valence-electron chi connectivity index (χ1n) is 10.5. The van der Waals surface area contributed by atoms with E-state index in [2.05, 4.69) is 11.8 Å². The Hall–Kier alpha value is -1.92. The summed E-state index contributed by atoms with van der Waals surface area (Å²) in [6, 6.07) is 7.55. The predicted molar refractivity (Wildman–Crippen MR) is 109 cm³/mol. The molecule has 1 heterocycles. The van der Waals surface area contributed by atoms with E-state index >= 15 is 0 Å². The molecule has 0 unspecified atom stereocenters. The van der Waals surface area contributed by atoms with E-state index in [1.54, 1.807) is 0 Å². The number of rotatable bonds is 9. The monoisotopic (exact) mass is 387 g/mol. The van der Waals surface area contributed by atoms with Gasteiger partial charge in [-0.15, -0.1) is 0 Å². The minimum atomic E-state index is -0.372. The lowest BCUT2D eigenvalue weighted by molar-refractivity contribution is -0.134. The standard InChI is InChI=1S/C22H33N3O3/c1-3-20(23)22(27)25-13-11-24(12-14-25)16(2)10-15-28-19-8-6-18(7-9-19)21(26)17-4-5-17/h6-9,16-17,20H,3-5,10-15,23H2,1-2H3/t16-,20-/m1/s1. The molecule has 1 aromatic rings. The second-order valence-electron chi connectivity index (χ2n) is 8.03. The number of ketones is 1. The van der Waals surface area contributed by atoms with Gasteiger partial charge in [0.25, 0.3) is 0 Å². The first-order valence-corrected chi connectivity index (χ1v) is 10.5. The van der Waals surface area contributed by atoms with E-state index in [-0.39, 0.29) is 23.7 Å². The molecule has 1 saturated heterocycles. The fourth-order valence-corrected chi connectivity index (χ4v) is 3.62. The SMILES string of the molecule is CC[C@@H](N)C(=O)N1CCN([C@H](C)CCOc2ccc(C(=O)C3CC3)cc2)CC1. The van der Waals surface area contributed by atoms with Gasteiger partial charge >= 0.3 is 0 Å². The van der Waals surface area contributed by atoms with Crippen molar-refractivity contribution in [3.8, 4) is 5.75 Å². The van der Waals surface area contributed by atoms with Crippen LogP contribution in [0.5, 0.6) is 5.75 Å². The normalized spacial score (nSPS) is 19.9. The second-order valence-corrected chi connectivity index (χ2v) is 8.03. The molecule has 0 aromatic heterocycles. The number of nitrogens with zero attached hydrogens (tertiary/aromatic N) is 2. The summed E-state index contributed by atoms with van der Waals surface area (Å²) < 4.78 is 5.86. The number of amides is 1. The minimum Gasteiger partial charge on any atom is -0.494 e. The van der Waals surface area contributed by atoms with Crippen LogP contribution in [0.15, 0.2) is 24.3 Å². The Morgan fingerprint density at radius 1 is 1.14 bits per heavy atom. The predicted octanol–water partition coefficient (Wildman–Crippen LogP) is 2.32. The van der Waals surface area contributed by atoms with Crippen LogP contribution in [0.3, 0.4) is 0 Å². The van der Waals surface area contributed by atoms with E-state index < -0.39 is 0 Å². The fraction of sp³-hybridized carbons (Fsp3) is 0.636. The zero-order chi connectivity index (χ0) is 20.1. The largest absolute Gasteiger partial charge is 0.494 e. The van der Waals surface area contributed by atoms with Crippen molar-refractivity contribution in [1.82, 2.24) is 9.80 Å². The molecule has 3 rings (SSSR count). The Balaban J connectivity index is 1.37. The molecule has 28 heavy (non-hydrogen) atoms. The van der Waals surface area contributed by atoms with Crippen LogP contribution in [0.2, 0.25) is 0 Å². The third-order valence-corrected chi connectivity index (χ3v) is 5.90. The van der Waals surface area contributed by atoms with Gasteiger partial charge < -0.3 is 15.4 Å². The van der Waals surface area contributed by atoms with Gasteiger partial charge in [-0.25, -0.2) is 0 Å². The van der Waals surface area contributed by atoms with Gasteiger partial charge in [-0.3, -0.25) is 14.5 Å². The van der Waals surface area contributed by atoms with Crippen molar-refractivity contribution in [2.75, 3.05) is 32.8 Å². The molecule has 1 aliphatic carbocycles. The van der Waals surface area contributed by atoms with Crippen molar-refractivity contribution in [2.45, 2.75) is 51.6 Å². The number of carbonyl (C=O) groups excluding carboxylic acids is 2. The lowest BCUT2D eigenvalue weighted by atomic mass is 10.1. The van der Waals surface area contributed by atoms with Crippen LogP contribution in [-0.4, -0.2) is 66.4 Å². The van der Waals surface area contributed by atoms with Gasteiger partial charge in [0.15, 0.2) is 5.78 Å². The Bertz CT molecular complexity index is 664. The minimum absolute atomic E-state index is 0.0711. The number of nitrogens with two attached hydrogens (primary N) is 1. The third-order valence-electron chi connectivity index (χ3n) is 5.90. The summed E-state index contributed by atoms with van der Waals surface area (Å²) in [6.07, 6.45) is 3.67. The zero-order valence-corrected chi connectivity index (χ0v) is 17.1. The Morgan fingerprint density at radius 2 is 1.79 bits per heavy atom. The molecule has 2 N–H and O–H groups in total. The Morgan fingerprint density at radius 3 is 2.36 bits per heavy atom. The maximum absolute atomic E-state index is 12.2. The average Bonchev–Trinajstić information content (AvgIpc) is 3.58. The quantitative estimate of drug-likeness (QED) is 0.658. The van der Waals surface area contributed by atoms with Crippen LogP contribution >= 0.6 is 0 Å². The summed E-state index contributed by atoms with van der Waals surface area (Å²) in [5.74, 6) is 1.39. The topological polar surface area (TPSA) is 75.9 Å². The molecule has 6 heteroatoms. The van der Waals surface area contributed by atoms with Gasteiger partial charge in [0.05, 0.1) is 12.6 Å². The van der Waals surface area contributed by atoms with Crippen LogP contribution in [0.1, 0.15) is 49.9 Å². The highest BCUT2D eigenvalue weighted by atomic mass is 16.5. The maximum Gasteiger partial charge on any atom is 0.239 e. The van der Waals surface area contributed by atoms with Crippen LogP contribution in [0.4, 0.5) is 0 Å². The summed E-state index contributed by atoms with van der Waals surface area (Å²) in [4.78, 5) is 28.5. The molecule has 1 aliphatic heterocycles. The van der Waals surface area contributed by atoms with Crippen molar-refractivity contribution in [3.05, 3.63) is 29.8 Å². The molecular formula is C22H33N3O3. The molecule has 2 aliphatic rings. The molecule has 6 nitrogen and oxygen atoms in total. The summed E-state index contributed by atoms with van der Waals surface area (Å²) >= 11 is 0. The molecule has 0 radical (unpaired) electrons. The highest BCUT2D eigenvalue weighted by Gasteiger charge is 2.30. The van der Waals surface area contributed by atoms with Crippen LogP contribution in [0.25, 0.3) is 0 Å². The highest BCUT2D eigenvalue weighted by Crippen LogP contribution is 2.32. The lowest BCUT2D eigenvalue weighted by Gasteiger charge is -2.38. The van der Waals surface area contributed by atoms with E-state index in [9.17, 15) is 9.59 Å². The number of hydrogen-bond acceptors (Lipinski definition) is 5. The molecule has 0 spiro atoms. The first-order chi connectivity index (χ1) is 13.5. The van der Waals surface area contributed by atoms with Gasteiger partial charge in [-0.2, -0.15) is 0 Å². The average molecular weight is 388 g/mol. The van der Waals surface area contributed by atoms with Crippen molar-refractivity contribution in [2.24, 2.45) is 11.7 Å². The lowest BCUT2D eigenvalue weighted by Crippen LogP contribution is -2.54. The van der Waals surface area contributed by atoms with Crippen molar-refractivity contribution in [3.63, 3.8) is 0 Å². The number of hydrogen-bond donors (Lipinski definition) is 1. The van der Waals surface area contributed by atoms with Crippen LogP contribution in [0, 0.1) is 5.92 Å². The number of Topliss-reactive ketones (excluding diaryl/α,β-unsaturated/α-hetero) is 1. The molecule has 1 aromatic carbocycles. The van der Waals surface area contributed by atoms with Gasteiger partial charge in [-0.1, -0.05) is 6.92 Å². The number of benzene rings is 1. The molecule has 1 saturated carbocycles. The van der Waals surface area contributed by atoms with Crippen molar-refractivity contribution in [1.29, 1.82) is 0 Å².